The van der Waals surface area contributed by atoms with Crippen LogP contribution in [0.2, 0.25) is 0 Å². The Hall–Kier alpha value is -2.29. The molecule has 3 nitrogen and oxygen atoms in total. The zero-order valence-corrected chi connectivity index (χ0v) is 14.0. The predicted octanol–water partition coefficient (Wildman–Crippen LogP) is 4.45. The molecule has 0 atom stereocenters. The molecule has 3 rings (SSSR count). The van der Waals surface area contributed by atoms with Crippen LogP contribution in [0.3, 0.4) is 0 Å². The zero-order valence-electron chi connectivity index (χ0n) is 14.0. The van der Waals surface area contributed by atoms with E-state index in [9.17, 15) is 0 Å². The van der Waals surface area contributed by atoms with Crippen molar-refractivity contribution >= 4 is 16.7 Å². The zero-order chi connectivity index (χ0) is 16.2. The third-order valence-corrected chi connectivity index (χ3v) is 4.30. The highest BCUT2D eigenvalue weighted by Crippen LogP contribution is 2.23. The molecule has 0 spiro atoms. The van der Waals surface area contributed by atoms with E-state index in [4.69, 9.17) is 10.7 Å². The number of nitrogen functional groups attached to an aromatic ring is 1. The molecule has 0 unspecified atom stereocenters. The highest BCUT2D eigenvalue weighted by atomic mass is 15.1. The first kappa shape index (κ1) is 15.6. The minimum atomic E-state index is 0.676. The molecule has 1 heterocycles. The van der Waals surface area contributed by atoms with Crippen molar-refractivity contribution in [3.8, 4) is 0 Å². The van der Waals surface area contributed by atoms with Crippen molar-refractivity contribution in [3.05, 3.63) is 59.9 Å². The summed E-state index contributed by atoms with van der Waals surface area (Å²) in [5, 5.41) is 0. The number of nitrogens with two attached hydrogens (primary N) is 1. The average Bonchev–Trinajstić information content (AvgIpc) is 2.91. The van der Waals surface area contributed by atoms with Crippen LogP contribution < -0.4 is 5.73 Å². The second-order valence-electron chi connectivity index (χ2n) is 6.56. The number of nitrogens with zero attached hydrogens (tertiary/aromatic N) is 2. The molecule has 3 heteroatoms. The molecule has 2 N–H and O–H groups in total. The van der Waals surface area contributed by atoms with Crippen molar-refractivity contribution in [1.29, 1.82) is 0 Å². The molecule has 0 aliphatic carbocycles. The third kappa shape index (κ3) is 3.55. The van der Waals surface area contributed by atoms with E-state index in [-0.39, 0.29) is 0 Å². The molecule has 0 bridgehead atoms. The quantitative estimate of drug-likeness (QED) is 0.684. The normalized spacial score (nSPS) is 11.4. The van der Waals surface area contributed by atoms with E-state index < -0.39 is 0 Å². The molecule has 0 aliphatic heterocycles. The van der Waals surface area contributed by atoms with Gasteiger partial charge in [-0.15, -0.1) is 0 Å². The lowest BCUT2D eigenvalue weighted by molar-refractivity contribution is 0.511. The summed E-state index contributed by atoms with van der Waals surface area (Å²) in [4.78, 5) is 4.84. The van der Waals surface area contributed by atoms with E-state index in [1.807, 2.05) is 12.1 Å². The molecule has 0 aliphatic rings. The Morgan fingerprint density at radius 3 is 2.52 bits per heavy atom. The summed E-state index contributed by atoms with van der Waals surface area (Å²) in [6.45, 7) is 5.52. The lowest BCUT2D eigenvalue weighted by atomic mass is 10.1. The average molecular weight is 307 g/mol. The van der Waals surface area contributed by atoms with Gasteiger partial charge in [-0.2, -0.15) is 0 Å². The van der Waals surface area contributed by atoms with Gasteiger partial charge in [0.25, 0.3) is 0 Å². The molecule has 0 saturated carbocycles. The number of aryl methyl sites for hydroxylation is 3. The maximum atomic E-state index is 6.13. The van der Waals surface area contributed by atoms with Gasteiger partial charge in [0.05, 0.1) is 11.2 Å². The maximum absolute atomic E-state index is 6.13. The molecule has 120 valence electrons. The summed E-state index contributed by atoms with van der Waals surface area (Å²) in [5.74, 6) is 1.82. The predicted molar refractivity (Wildman–Crippen MR) is 97.5 cm³/mol. The molecule has 0 fully saturated rings. The highest BCUT2D eigenvalue weighted by Gasteiger charge is 2.13. The molecule has 0 saturated heterocycles. The van der Waals surface area contributed by atoms with Crippen LogP contribution in [0, 0.1) is 5.92 Å². The van der Waals surface area contributed by atoms with Crippen molar-refractivity contribution in [2.75, 3.05) is 5.73 Å². The fraction of sp³-hybridized carbons (Fsp3) is 0.350. The first-order chi connectivity index (χ1) is 11.1. The van der Waals surface area contributed by atoms with Crippen molar-refractivity contribution in [3.63, 3.8) is 0 Å². The fourth-order valence-electron chi connectivity index (χ4n) is 2.95. The SMILES string of the molecule is CC(C)CCn1c(CCc2ccccc2)nc2c(N)cccc21. The molecule has 0 amide bonds. The Morgan fingerprint density at radius 2 is 1.78 bits per heavy atom. The number of hydrogen-bond acceptors (Lipinski definition) is 2. The van der Waals surface area contributed by atoms with Gasteiger partial charge in [0.2, 0.25) is 0 Å². The second-order valence-corrected chi connectivity index (χ2v) is 6.56. The van der Waals surface area contributed by atoms with Gasteiger partial charge < -0.3 is 10.3 Å². The molecule has 2 aromatic carbocycles. The first-order valence-electron chi connectivity index (χ1n) is 8.42. The van der Waals surface area contributed by atoms with Crippen LogP contribution in [0.5, 0.6) is 0 Å². The summed E-state index contributed by atoms with van der Waals surface area (Å²) in [5.41, 5.74) is 10.4. The number of hydrogen-bond donors (Lipinski definition) is 1. The molecule has 23 heavy (non-hydrogen) atoms. The van der Waals surface area contributed by atoms with Crippen LogP contribution in [0.25, 0.3) is 11.0 Å². The Labute approximate surface area is 138 Å². The van der Waals surface area contributed by atoms with E-state index in [0.717, 1.165) is 48.4 Å². The van der Waals surface area contributed by atoms with Gasteiger partial charge in [0.1, 0.15) is 11.3 Å². The van der Waals surface area contributed by atoms with E-state index in [0.29, 0.717) is 5.92 Å². The number of anilines is 1. The summed E-state index contributed by atoms with van der Waals surface area (Å²) in [6.07, 6.45) is 3.10. The van der Waals surface area contributed by atoms with Gasteiger partial charge in [0, 0.05) is 13.0 Å². The Kier molecular flexibility index (Phi) is 4.65. The fourth-order valence-corrected chi connectivity index (χ4v) is 2.95. The standard InChI is InChI=1S/C20H25N3/c1-15(2)13-14-23-18-10-6-9-17(21)20(18)22-19(23)12-11-16-7-4-3-5-8-16/h3-10,15H,11-14,21H2,1-2H3. The summed E-state index contributed by atoms with van der Waals surface area (Å²) in [6, 6.07) is 16.7. The van der Waals surface area contributed by atoms with Crippen molar-refractivity contribution in [1.82, 2.24) is 9.55 Å². The minimum Gasteiger partial charge on any atom is -0.397 e. The Bertz CT molecular complexity index is 772. The third-order valence-electron chi connectivity index (χ3n) is 4.30. The van der Waals surface area contributed by atoms with Gasteiger partial charge in [-0.25, -0.2) is 4.98 Å². The smallest absolute Gasteiger partial charge is 0.112 e. The van der Waals surface area contributed by atoms with Gasteiger partial charge in [-0.1, -0.05) is 50.2 Å². The van der Waals surface area contributed by atoms with Gasteiger partial charge in [-0.05, 0) is 36.5 Å². The lowest BCUT2D eigenvalue weighted by Crippen LogP contribution is -2.07. The number of para-hydroxylation sites is 1. The Balaban J connectivity index is 1.90. The number of fused-ring (bicyclic) bond motifs is 1. The minimum absolute atomic E-state index is 0.676. The number of benzene rings is 2. The maximum Gasteiger partial charge on any atom is 0.112 e. The number of rotatable bonds is 6. The molecular weight excluding hydrogens is 282 g/mol. The highest BCUT2D eigenvalue weighted by molar-refractivity contribution is 5.87. The molecule has 3 aromatic rings. The number of imidazole rings is 1. The lowest BCUT2D eigenvalue weighted by Gasteiger charge is -2.11. The monoisotopic (exact) mass is 307 g/mol. The number of aromatic nitrogens is 2. The van der Waals surface area contributed by atoms with E-state index in [1.165, 1.54) is 5.56 Å². The summed E-state index contributed by atoms with van der Waals surface area (Å²) in [7, 11) is 0. The largest absolute Gasteiger partial charge is 0.397 e. The van der Waals surface area contributed by atoms with Gasteiger partial charge in [-0.3, -0.25) is 0 Å². The topological polar surface area (TPSA) is 43.8 Å². The molecule has 0 radical (unpaired) electrons. The van der Waals surface area contributed by atoms with Gasteiger partial charge in [0.15, 0.2) is 0 Å². The first-order valence-corrected chi connectivity index (χ1v) is 8.42. The summed E-state index contributed by atoms with van der Waals surface area (Å²) < 4.78 is 2.36. The van der Waals surface area contributed by atoms with E-state index in [2.05, 4.69) is 54.8 Å². The van der Waals surface area contributed by atoms with Crippen molar-refractivity contribution < 1.29 is 0 Å². The van der Waals surface area contributed by atoms with Crippen molar-refractivity contribution in [2.45, 2.75) is 39.7 Å². The van der Waals surface area contributed by atoms with Crippen molar-refractivity contribution in [2.24, 2.45) is 5.92 Å². The van der Waals surface area contributed by atoms with E-state index in [1.54, 1.807) is 0 Å². The van der Waals surface area contributed by atoms with E-state index >= 15 is 0 Å². The van der Waals surface area contributed by atoms with Crippen LogP contribution >= 0.6 is 0 Å². The van der Waals surface area contributed by atoms with Crippen LogP contribution in [0.4, 0.5) is 5.69 Å². The van der Waals surface area contributed by atoms with Gasteiger partial charge >= 0.3 is 0 Å². The molecular formula is C20H25N3. The Morgan fingerprint density at radius 1 is 1.00 bits per heavy atom. The van der Waals surface area contributed by atoms with Crippen LogP contribution in [0.15, 0.2) is 48.5 Å². The molecule has 1 aromatic heterocycles. The van der Waals surface area contributed by atoms with Crippen LogP contribution in [-0.2, 0) is 19.4 Å². The summed E-state index contributed by atoms with van der Waals surface area (Å²) >= 11 is 0. The second kappa shape index (κ2) is 6.86. The van der Waals surface area contributed by atoms with Crippen LogP contribution in [0.1, 0.15) is 31.7 Å². The van der Waals surface area contributed by atoms with Crippen LogP contribution in [-0.4, -0.2) is 9.55 Å².